The fourth-order valence-corrected chi connectivity index (χ4v) is 2.85. The molecule has 0 bridgehead atoms. The third-order valence-electron chi connectivity index (χ3n) is 2.88. The number of rotatable bonds is 5. The molecule has 1 aromatic rings. The molecule has 1 atom stereocenters. The van der Waals surface area contributed by atoms with Crippen molar-refractivity contribution in [2.75, 3.05) is 6.54 Å². The van der Waals surface area contributed by atoms with Crippen LogP contribution in [0.4, 0.5) is 0 Å². The topological polar surface area (TPSA) is 59.8 Å². The summed E-state index contributed by atoms with van der Waals surface area (Å²) in [6.07, 6.45) is 3.69. The summed E-state index contributed by atoms with van der Waals surface area (Å²) in [5.41, 5.74) is 0. The third kappa shape index (κ3) is 3.95. The Balaban J connectivity index is 2.03. The highest BCUT2D eigenvalue weighted by molar-refractivity contribution is 8.26. The summed E-state index contributed by atoms with van der Waals surface area (Å²) in [5, 5.41) is 0. The molecule has 2 heterocycles. The monoisotopic (exact) mass is 325 g/mol. The van der Waals surface area contributed by atoms with E-state index < -0.39 is 5.97 Å². The second-order valence-corrected chi connectivity index (χ2v) is 6.17. The van der Waals surface area contributed by atoms with Crippen molar-refractivity contribution in [1.29, 1.82) is 0 Å². The summed E-state index contributed by atoms with van der Waals surface area (Å²) >= 11 is 6.29. The SMILES string of the molecule is CC[C@@H](C)OC(=O)CN1C(=O)/C(=C/c2ccco2)SC1=S. The highest BCUT2D eigenvalue weighted by Gasteiger charge is 2.34. The van der Waals surface area contributed by atoms with Gasteiger partial charge in [0.25, 0.3) is 5.91 Å². The number of thiocarbonyl (C=S) groups is 1. The Kier molecular flexibility index (Phi) is 5.19. The zero-order valence-corrected chi connectivity index (χ0v) is 13.3. The molecule has 1 saturated heterocycles. The highest BCUT2D eigenvalue weighted by atomic mass is 32.2. The van der Waals surface area contributed by atoms with Crippen LogP contribution in [0.15, 0.2) is 27.7 Å². The molecular formula is C14H15NO4S2. The number of thioether (sulfide) groups is 1. The maximum Gasteiger partial charge on any atom is 0.326 e. The number of hydrogen-bond donors (Lipinski definition) is 0. The quantitative estimate of drug-likeness (QED) is 0.471. The largest absolute Gasteiger partial charge is 0.465 e. The summed E-state index contributed by atoms with van der Waals surface area (Å²) < 4.78 is 10.7. The van der Waals surface area contributed by atoms with E-state index in [-0.39, 0.29) is 18.6 Å². The zero-order valence-electron chi connectivity index (χ0n) is 11.7. The first-order chi connectivity index (χ1) is 10.0. The van der Waals surface area contributed by atoms with Crippen LogP contribution in [0, 0.1) is 0 Å². The van der Waals surface area contributed by atoms with Crippen molar-refractivity contribution < 1.29 is 18.7 Å². The molecular weight excluding hydrogens is 310 g/mol. The van der Waals surface area contributed by atoms with Crippen LogP contribution >= 0.6 is 24.0 Å². The molecule has 1 fully saturated rings. The van der Waals surface area contributed by atoms with Gasteiger partial charge in [-0.05, 0) is 25.5 Å². The number of nitrogens with zero attached hydrogens (tertiary/aromatic N) is 1. The fraction of sp³-hybridized carbons (Fsp3) is 0.357. The first-order valence-corrected chi connectivity index (χ1v) is 7.72. The predicted octanol–water partition coefficient (Wildman–Crippen LogP) is 2.82. The zero-order chi connectivity index (χ0) is 15.4. The molecule has 1 amide bonds. The van der Waals surface area contributed by atoms with Crippen LogP contribution in [0.5, 0.6) is 0 Å². The van der Waals surface area contributed by atoms with Gasteiger partial charge in [-0.3, -0.25) is 14.5 Å². The molecule has 5 nitrogen and oxygen atoms in total. The molecule has 1 aliphatic rings. The molecule has 21 heavy (non-hydrogen) atoms. The van der Waals surface area contributed by atoms with E-state index in [2.05, 4.69) is 0 Å². The summed E-state index contributed by atoms with van der Waals surface area (Å²) in [4.78, 5) is 25.7. The van der Waals surface area contributed by atoms with E-state index >= 15 is 0 Å². The van der Waals surface area contributed by atoms with E-state index in [1.165, 1.54) is 11.2 Å². The van der Waals surface area contributed by atoms with Crippen molar-refractivity contribution in [3.63, 3.8) is 0 Å². The second-order valence-electron chi connectivity index (χ2n) is 4.49. The molecule has 0 saturated carbocycles. The van der Waals surface area contributed by atoms with Gasteiger partial charge in [0.1, 0.15) is 16.6 Å². The van der Waals surface area contributed by atoms with Gasteiger partial charge in [0.15, 0.2) is 0 Å². The van der Waals surface area contributed by atoms with Crippen molar-refractivity contribution in [2.45, 2.75) is 26.4 Å². The van der Waals surface area contributed by atoms with E-state index in [1.54, 1.807) is 25.1 Å². The van der Waals surface area contributed by atoms with Crippen LogP contribution in [0.3, 0.4) is 0 Å². The number of esters is 1. The minimum absolute atomic E-state index is 0.162. The van der Waals surface area contributed by atoms with Crippen molar-refractivity contribution in [2.24, 2.45) is 0 Å². The van der Waals surface area contributed by atoms with Gasteiger partial charge in [-0.15, -0.1) is 0 Å². The van der Waals surface area contributed by atoms with Crippen LogP contribution in [-0.2, 0) is 14.3 Å². The lowest BCUT2D eigenvalue weighted by Crippen LogP contribution is -2.35. The van der Waals surface area contributed by atoms with Crippen LogP contribution < -0.4 is 0 Å². The Bertz CT molecular complexity index is 580. The van der Waals surface area contributed by atoms with Crippen molar-refractivity contribution in [3.05, 3.63) is 29.1 Å². The number of furan rings is 1. The first kappa shape index (κ1) is 15.8. The molecule has 0 spiro atoms. The maximum atomic E-state index is 12.2. The van der Waals surface area contributed by atoms with E-state index in [4.69, 9.17) is 21.4 Å². The van der Waals surface area contributed by atoms with Crippen LogP contribution in [0.25, 0.3) is 6.08 Å². The predicted molar refractivity (Wildman–Crippen MR) is 84.4 cm³/mol. The van der Waals surface area contributed by atoms with Gasteiger partial charge in [0.2, 0.25) is 0 Å². The molecule has 7 heteroatoms. The minimum atomic E-state index is -0.458. The van der Waals surface area contributed by atoms with Crippen LogP contribution in [-0.4, -0.2) is 33.7 Å². The minimum Gasteiger partial charge on any atom is -0.465 e. The van der Waals surface area contributed by atoms with Gasteiger partial charge >= 0.3 is 5.97 Å². The van der Waals surface area contributed by atoms with Gasteiger partial charge in [-0.2, -0.15) is 0 Å². The Morgan fingerprint density at radius 1 is 1.62 bits per heavy atom. The van der Waals surface area contributed by atoms with E-state index in [0.29, 0.717) is 15.0 Å². The number of carbonyl (C=O) groups excluding carboxylic acids is 2. The Labute approximate surface area is 132 Å². The second kappa shape index (κ2) is 6.91. The van der Waals surface area contributed by atoms with Gasteiger partial charge in [0, 0.05) is 6.08 Å². The maximum absolute atomic E-state index is 12.2. The number of carbonyl (C=O) groups is 2. The van der Waals surface area contributed by atoms with Crippen molar-refractivity contribution in [3.8, 4) is 0 Å². The van der Waals surface area contributed by atoms with Crippen LogP contribution in [0.1, 0.15) is 26.0 Å². The van der Waals surface area contributed by atoms with Gasteiger partial charge < -0.3 is 9.15 Å². The Morgan fingerprint density at radius 2 is 2.38 bits per heavy atom. The lowest BCUT2D eigenvalue weighted by Gasteiger charge is -2.16. The molecule has 0 radical (unpaired) electrons. The average molecular weight is 325 g/mol. The van der Waals surface area contributed by atoms with Gasteiger partial charge in [-0.1, -0.05) is 30.9 Å². The Morgan fingerprint density at radius 3 is 3.00 bits per heavy atom. The summed E-state index contributed by atoms with van der Waals surface area (Å²) in [5.74, 6) is -0.194. The third-order valence-corrected chi connectivity index (χ3v) is 4.26. The Hall–Kier alpha value is -1.60. The van der Waals surface area contributed by atoms with Crippen molar-refractivity contribution in [1.82, 2.24) is 4.90 Å². The smallest absolute Gasteiger partial charge is 0.326 e. The van der Waals surface area contributed by atoms with E-state index in [9.17, 15) is 9.59 Å². The van der Waals surface area contributed by atoms with E-state index in [0.717, 1.165) is 18.2 Å². The first-order valence-electron chi connectivity index (χ1n) is 6.49. The summed E-state index contributed by atoms with van der Waals surface area (Å²) in [6.45, 7) is 3.56. The molecule has 0 N–H and O–H groups in total. The molecule has 1 aliphatic heterocycles. The van der Waals surface area contributed by atoms with Gasteiger partial charge in [0.05, 0.1) is 17.3 Å². The van der Waals surface area contributed by atoms with Crippen LogP contribution in [0.2, 0.25) is 0 Å². The molecule has 2 rings (SSSR count). The lowest BCUT2D eigenvalue weighted by atomic mass is 10.3. The number of amides is 1. The molecule has 1 aromatic heterocycles. The van der Waals surface area contributed by atoms with E-state index in [1.807, 2.05) is 6.92 Å². The lowest BCUT2D eigenvalue weighted by molar-refractivity contribution is -0.150. The number of hydrogen-bond acceptors (Lipinski definition) is 6. The molecule has 112 valence electrons. The normalized spacial score (nSPS) is 18.4. The average Bonchev–Trinajstić information content (AvgIpc) is 3.03. The summed E-state index contributed by atoms with van der Waals surface area (Å²) in [6, 6.07) is 3.47. The highest BCUT2D eigenvalue weighted by Crippen LogP contribution is 2.32. The molecule has 0 unspecified atom stereocenters. The summed E-state index contributed by atoms with van der Waals surface area (Å²) in [7, 11) is 0. The van der Waals surface area contributed by atoms with Gasteiger partial charge in [-0.25, -0.2) is 0 Å². The standard InChI is InChI=1S/C14H15NO4S2/c1-3-9(2)19-12(16)8-15-13(17)11(21-14(15)20)7-10-5-4-6-18-10/h4-7,9H,3,8H2,1-2H3/b11-7-/t9-/m1/s1. The molecule has 0 aromatic carbocycles. The molecule has 0 aliphatic carbocycles. The fourth-order valence-electron chi connectivity index (χ4n) is 1.61. The van der Waals surface area contributed by atoms with Crippen molar-refractivity contribution >= 4 is 46.3 Å². The number of ether oxygens (including phenoxy) is 1.